The highest BCUT2D eigenvalue weighted by Crippen LogP contribution is 2.44. The molecule has 12 heteroatoms. The molecule has 2 aromatic rings. The molecule has 172 valence electrons. The van der Waals surface area contributed by atoms with Crippen molar-refractivity contribution in [3.8, 4) is 17.6 Å². The summed E-state index contributed by atoms with van der Waals surface area (Å²) in [6.45, 7) is 0. The van der Waals surface area contributed by atoms with Gasteiger partial charge in [0.15, 0.2) is 0 Å². The molecule has 0 saturated carbocycles. The van der Waals surface area contributed by atoms with Crippen molar-refractivity contribution in [2.75, 3.05) is 7.11 Å². The first-order valence-corrected chi connectivity index (χ1v) is 11.8. The average molecular weight is 493 g/mol. The third kappa shape index (κ3) is 4.99. The molecule has 0 aromatic heterocycles. The summed E-state index contributed by atoms with van der Waals surface area (Å²) in [5, 5.41) is 12.1. The largest absolute Gasteiger partial charge is 0.497 e. The van der Waals surface area contributed by atoms with Crippen LogP contribution in [-0.2, 0) is 14.6 Å². The highest BCUT2D eigenvalue weighted by atomic mass is 32.3. The third-order valence-corrected chi connectivity index (χ3v) is 8.82. The molecule has 9 nitrogen and oxygen atoms in total. The maximum Gasteiger partial charge on any atom is 0.287 e. The number of imide groups is 1. The van der Waals surface area contributed by atoms with Crippen LogP contribution in [0.2, 0.25) is 0 Å². The molecule has 0 aliphatic carbocycles. The van der Waals surface area contributed by atoms with Crippen LogP contribution in [0.15, 0.2) is 47.4 Å². The second-order valence-corrected chi connectivity index (χ2v) is 10.6. The fourth-order valence-corrected chi connectivity index (χ4v) is 6.53. The number of sulfone groups is 1. The monoisotopic (exact) mass is 492 g/mol. The Kier molecular flexibility index (Phi) is 7.04. The van der Waals surface area contributed by atoms with Crippen molar-refractivity contribution in [1.82, 2.24) is 5.32 Å². The van der Waals surface area contributed by atoms with Gasteiger partial charge in [-0.25, -0.2) is 12.8 Å². The summed E-state index contributed by atoms with van der Waals surface area (Å²) >= 11 is 0.403. The topological polar surface area (TPSA) is 133 Å². The van der Waals surface area contributed by atoms with Crippen molar-refractivity contribution in [1.29, 1.82) is 0 Å². The molecule has 1 saturated heterocycles. The Morgan fingerprint density at radius 1 is 1.21 bits per heavy atom. The Balaban J connectivity index is 1.80. The third-order valence-electron chi connectivity index (χ3n) is 4.76. The lowest BCUT2D eigenvalue weighted by Crippen LogP contribution is -2.43. The first-order valence-electron chi connectivity index (χ1n) is 9.46. The van der Waals surface area contributed by atoms with Gasteiger partial charge in [0.1, 0.15) is 11.6 Å². The maximum atomic E-state index is 13.5. The Labute approximate surface area is 192 Å². The van der Waals surface area contributed by atoms with Crippen LogP contribution in [0.25, 0.3) is 0 Å². The standard InChI is InChI=1S/C21H17FN2O7S2/c1-31-17-6-8-18(9-7-17)33(29,30)21(19(25)23-20(26)32-21)10-4-2-3-5-14-11-15(22)13-16(12-14)24(27)28/h6-9,11-13H,2,4,10H2,1H3,(H,23,25,26). The number of nitrogens with one attached hydrogen (secondary N) is 1. The summed E-state index contributed by atoms with van der Waals surface area (Å²) in [6, 6.07) is 8.38. The normalized spacial score (nSPS) is 17.8. The van der Waals surface area contributed by atoms with E-state index < -0.39 is 41.5 Å². The number of amides is 2. The van der Waals surface area contributed by atoms with E-state index in [1.165, 1.54) is 31.4 Å². The molecule has 1 aliphatic heterocycles. The molecule has 1 aliphatic rings. The van der Waals surface area contributed by atoms with Crippen molar-refractivity contribution in [3.63, 3.8) is 0 Å². The second-order valence-electron chi connectivity index (χ2n) is 6.89. The van der Waals surface area contributed by atoms with Gasteiger partial charge in [-0.2, -0.15) is 0 Å². The van der Waals surface area contributed by atoms with Gasteiger partial charge in [-0.15, -0.1) is 0 Å². The molecule has 2 amide bonds. The van der Waals surface area contributed by atoms with E-state index in [2.05, 4.69) is 11.8 Å². The number of nitrogens with zero attached hydrogens (tertiary/aromatic N) is 1. The fourth-order valence-electron chi connectivity index (χ4n) is 3.16. The lowest BCUT2D eigenvalue weighted by Gasteiger charge is -2.24. The van der Waals surface area contributed by atoms with Crippen molar-refractivity contribution >= 4 is 38.4 Å². The SMILES string of the molecule is COc1ccc(S(=O)(=O)C2(CCCC#Cc3cc(F)cc([N+](=O)[O-])c3)SC(=O)NC2=O)cc1. The zero-order valence-electron chi connectivity index (χ0n) is 17.2. The van der Waals surface area contributed by atoms with E-state index in [9.17, 15) is 32.5 Å². The zero-order chi connectivity index (χ0) is 24.2. The minimum atomic E-state index is -4.27. The number of nitro benzene ring substituents is 1. The number of non-ortho nitro benzene ring substituents is 1. The number of thioether (sulfide) groups is 1. The summed E-state index contributed by atoms with van der Waals surface area (Å²) in [6.07, 6.45) is 0.0152. The van der Waals surface area contributed by atoms with Gasteiger partial charge in [-0.1, -0.05) is 11.8 Å². The van der Waals surface area contributed by atoms with Crippen molar-refractivity contribution in [2.45, 2.75) is 28.2 Å². The summed E-state index contributed by atoms with van der Waals surface area (Å²) in [5.41, 5.74) is -0.355. The Bertz CT molecular complexity index is 1280. The molecule has 2 aromatic carbocycles. The predicted molar refractivity (Wildman–Crippen MR) is 118 cm³/mol. The Morgan fingerprint density at radius 3 is 2.48 bits per heavy atom. The number of nitro groups is 1. The summed E-state index contributed by atoms with van der Waals surface area (Å²) in [5.74, 6) is 3.97. The van der Waals surface area contributed by atoms with Crippen molar-refractivity contribution < 1.29 is 32.1 Å². The number of rotatable bonds is 7. The van der Waals surface area contributed by atoms with Crippen LogP contribution in [0, 0.1) is 27.8 Å². The van der Waals surface area contributed by atoms with Crippen LogP contribution in [-0.4, -0.2) is 35.7 Å². The number of hydrogen-bond acceptors (Lipinski definition) is 8. The molecular weight excluding hydrogens is 475 g/mol. The molecule has 33 heavy (non-hydrogen) atoms. The number of halogens is 1. The molecule has 3 rings (SSSR count). The zero-order valence-corrected chi connectivity index (χ0v) is 18.8. The van der Waals surface area contributed by atoms with Crippen LogP contribution in [0.1, 0.15) is 24.8 Å². The highest BCUT2D eigenvalue weighted by Gasteiger charge is 2.57. The quantitative estimate of drug-likeness (QED) is 0.269. The number of benzene rings is 2. The van der Waals surface area contributed by atoms with E-state index in [-0.39, 0.29) is 29.7 Å². The molecule has 0 radical (unpaired) electrons. The predicted octanol–water partition coefficient (Wildman–Crippen LogP) is 3.42. The van der Waals surface area contributed by atoms with E-state index in [0.717, 1.165) is 18.2 Å². The first-order chi connectivity index (χ1) is 15.6. The maximum absolute atomic E-state index is 13.5. The highest BCUT2D eigenvalue weighted by molar-refractivity contribution is 8.25. The van der Waals surface area contributed by atoms with Crippen LogP contribution in [0.4, 0.5) is 14.9 Å². The molecule has 1 heterocycles. The minimum Gasteiger partial charge on any atom is -0.497 e. The molecule has 1 N–H and O–H groups in total. The van der Waals surface area contributed by atoms with E-state index in [1.54, 1.807) is 0 Å². The molecule has 1 unspecified atom stereocenters. The number of carbonyl (C=O) groups excluding carboxylic acids is 2. The van der Waals surface area contributed by atoms with Crippen molar-refractivity contribution in [3.05, 3.63) is 64.0 Å². The van der Waals surface area contributed by atoms with Gasteiger partial charge in [0.25, 0.3) is 16.8 Å². The van der Waals surface area contributed by atoms with E-state index in [0.29, 0.717) is 17.5 Å². The lowest BCUT2D eigenvalue weighted by molar-refractivity contribution is -0.385. The van der Waals surface area contributed by atoms with Crippen LogP contribution < -0.4 is 10.1 Å². The second kappa shape index (κ2) is 9.60. The number of ether oxygens (including phenoxy) is 1. The molecule has 1 atom stereocenters. The van der Waals surface area contributed by atoms with Gasteiger partial charge in [0.2, 0.25) is 13.9 Å². The number of methoxy groups -OCH3 is 1. The number of carbonyl (C=O) groups is 2. The van der Waals surface area contributed by atoms with Gasteiger partial charge >= 0.3 is 0 Å². The fraction of sp³-hybridized carbons (Fsp3) is 0.238. The molecule has 0 spiro atoms. The summed E-state index contributed by atoms with van der Waals surface area (Å²) in [7, 11) is -2.84. The van der Waals surface area contributed by atoms with Gasteiger partial charge in [0, 0.05) is 18.1 Å². The summed E-state index contributed by atoms with van der Waals surface area (Å²) in [4.78, 5) is 34.4. The van der Waals surface area contributed by atoms with E-state index in [4.69, 9.17) is 4.74 Å². The number of unbranched alkanes of at least 4 members (excludes halogenated alkanes) is 1. The van der Waals surface area contributed by atoms with Gasteiger partial charge in [0.05, 0.1) is 23.0 Å². The van der Waals surface area contributed by atoms with E-state index >= 15 is 0 Å². The molecule has 0 bridgehead atoms. The molecular formula is C21H17FN2O7S2. The first kappa shape index (κ1) is 24.2. The average Bonchev–Trinajstić information content (AvgIpc) is 3.07. The van der Waals surface area contributed by atoms with Gasteiger partial charge < -0.3 is 4.74 Å². The smallest absolute Gasteiger partial charge is 0.287 e. The van der Waals surface area contributed by atoms with Crippen LogP contribution in [0.3, 0.4) is 0 Å². The minimum absolute atomic E-state index is 0.0884. The lowest BCUT2D eigenvalue weighted by atomic mass is 10.1. The Hall–Kier alpha value is -3.43. The van der Waals surface area contributed by atoms with Crippen LogP contribution in [0.5, 0.6) is 5.75 Å². The van der Waals surface area contributed by atoms with Gasteiger partial charge in [-0.05, 0) is 54.9 Å². The molecule has 1 fully saturated rings. The number of hydrogen-bond donors (Lipinski definition) is 1. The van der Waals surface area contributed by atoms with Gasteiger partial charge in [-0.3, -0.25) is 25.0 Å². The Morgan fingerprint density at radius 2 is 1.91 bits per heavy atom. The van der Waals surface area contributed by atoms with Crippen molar-refractivity contribution in [2.24, 2.45) is 0 Å². The van der Waals surface area contributed by atoms with Crippen LogP contribution >= 0.6 is 11.8 Å². The van der Waals surface area contributed by atoms with E-state index in [1.807, 2.05) is 5.32 Å². The summed E-state index contributed by atoms with van der Waals surface area (Å²) < 4.78 is 43.1.